The van der Waals surface area contributed by atoms with Crippen molar-refractivity contribution < 1.29 is 23.9 Å². The molecule has 0 radical (unpaired) electrons. The predicted molar refractivity (Wildman–Crippen MR) is 88.9 cm³/mol. The normalized spacial score (nSPS) is 31.8. The van der Waals surface area contributed by atoms with Crippen molar-refractivity contribution in [3.63, 3.8) is 0 Å². The molecule has 3 aliphatic rings. The van der Waals surface area contributed by atoms with Gasteiger partial charge in [-0.2, -0.15) is 0 Å². The molecular formula is C18H18ClNO5. The van der Waals surface area contributed by atoms with Gasteiger partial charge in [0.2, 0.25) is 0 Å². The van der Waals surface area contributed by atoms with E-state index in [0.29, 0.717) is 10.7 Å². The van der Waals surface area contributed by atoms with Crippen LogP contribution >= 0.6 is 11.6 Å². The maximum Gasteiger partial charge on any atom is 0.310 e. The van der Waals surface area contributed by atoms with E-state index in [0.717, 1.165) is 18.4 Å². The van der Waals surface area contributed by atoms with E-state index in [4.69, 9.17) is 21.1 Å². The summed E-state index contributed by atoms with van der Waals surface area (Å²) in [6.45, 7) is 1.48. The third kappa shape index (κ3) is 2.78. The summed E-state index contributed by atoms with van der Waals surface area (Å²) in [4.78, 5) is 36.3. The second-order valence-corrected chi connectivity index (χ2v) is 7.45. The molecule has 2 aliphatic carbocycles. The molecule has 2 saturated carbocycles. The lowest BCUT2D eigenvalue weighted by Crippen LogP contribution is -2.34. The Morgan fingerprint density at radius 2 is 2.16 bits per heavy atom. The highest BCUT2D eigenvalue weighted by molar-refractivity contribution is 6.31. The van der Waals surface area contributed by atoms with Crippen molar-refractivity contribution in [1.82, 2.24) is 0 Å². The third-order valence-corrected chi connectivity index (χ3v) is 5.96. The number of esters is 2. The molecule has 0 unspecified atom stereocenters. The van der Waals surface area contributed by atoms with Crippen molar-refractivity contribution in [2.24, 2.45) is 23.7 Å². The van der Waals surface area contributed by atoms with E-state index in [-0.39, 0.29) is 30.5 Å². The molecule has 1 amide bonds. The number of benzene rings is 1. The highest BCUT2D eigenvalue weighted by Crippen LogP contribution is 2.57. The highest BCUT2D eigenvalue weighted by Gasteiger charge is 2.64. The number of halogens is 1. The molecule has 1 heterocycles. The second-order valence-electron chi connectivity index (χ2n) is 7.04. The Labute approximate surface area is 149 Å². The molecule has 6 nitrogen and oxygen atoms in total. The van der Waals surface area contributed by atoms with Crippen LogP contribution in [0.4, 0.5) is 5.69 Å². The van der Waals surface area contributed by atoms with Crippen molar-refractivity contribution in [3.8, 4) is 0 Å². The van der Waals surface area contributed by atoms with Crippen molar-refractivity contribution in [1.29, 1.82) is 0 Å². The van der Waals surface area contributed by atoms with Gasteiger partial charge in [0, 0.05) is 16.6 Å². The minimum Gasteiger partial charge on any atom is -0.462 e. The lowest BCUT2D eigenvalue weighted by Gasteiger charge is -2.22. The van der Waals surface area contributed by atoms with E-state index in [1.165, 1.54) is 0 Å². The first kappa shape index (κ1) is 16.4. The van der Waals surface area contributed by atoms with Crippen LogP contribution in [-0.4, -0.2) is 30.6 Å². The number of aryl methyl sites for hydroxylation is 1. The van der Waals surface area contributed by atoms with E-state index in [1.54, 1.807) is 18.2 Å². The van der Waals surface area contributed by atoms with Crippen molar-refractivity contribution >= 4 is 35.1 Å². The number of rotatable bonds is 4. The summed E-state index contributed by atoms with van der Waals surface area (Å²) in [6, 6.07) is 5.16. The molecule has 1 aromatic carbocycles. The van der Waals surface area contributed by atoms with Gasteiger partial charge >= 0.3 is 11.9 Å². The molecular weight excluding hydrogens is 346 g/mol. The summed E-state index contributed by atoms with van der Waals surface area (Å²) < 4.78 is 10.5. The average molecular weight is 364 g/mol. The minimum absolute atomic E-state index is 0.0267. The van der Waals surface area contributed by atoms with E-state index in [1.807, 2.05) is 6.92 Å². The average Bonchev–Trinajstić information content (AvgIpc) is 3.18. The zero-order chi connectivity index (χ0) is 17.7. The molecule has 3 fully saturated rings. The number of nitrogens with one attached hydrogen (secondary N) is 1. The zero-order valence-electron chi connectivity index (χ0n) is 13.7. The van der Waals surface area contributed by atoms with Crippen LogP contribution in [0.2, 0.25) is 5.02 Å². The van der Waals surface area contributed by atoms with Crippen LogP contribution in [0.3, 0.4) is 0 Å². The number of ether oxygens (including phenoxy) is 2. The molecule has 1 N–H and O–H groups in total. The molecule has 4 rings (SSSR count). The number of amides is 1. The van der Waals surface area contributed by atoms with Crippen LogP contribution in [-0.2, 0) is 23.9 Å². The molecule has 0 aromatic heterocycles. The van der Waals surface area contributed by atoms with Gasteiger partial charge in [0.25, 0.3) is 5.91 Å². The summed E-state index contributed by atoms with van der Waals surface area (Å²) in [5.41, 5.74) is 1.45. The quantitative estimate of drug-likeness (QED) is 0.830. The number of hydrogen-bond acceptors (Lipinski definition) is 5. The molecule has 132 valence electrons. The lowest BCUT2D eigenvalue weighted by atomic mass is 9.80. The summed E-state index contributed by atoms with van der Waals surface area (Å²) in [7, 11) is 0. The molecule has 1 saturated heterocycles. The highest BCUT2D eigenvalue weighted by atomic mass is 35.5. The van der Waals surface area contributed by atoms with Crippen molar-refractivity contribution in [3.05, 3.63) is 28.8 Å². The predicted octanol–water partition coefficient (Wildman–Crippen LogP) is 2.33. The molecule has 25 heavy (non-hydrogen) atoms. The monoisotopic (exact) mass is 363 g/mol. The van der Waals surface area contributed by atoms with Gasteiger partial charge in [0.1, 0.15) is 6.10 Å². The number of anilines is 1. The fourth-order valence-corrected chi connectivity index (χ4v) is 4.61. The molecule has 1 aliphatic heterocycles. The standard InChI is InChI=1S/C18H18ClNO5/c1-8-2-3-10(6-12(8)19)20-14(21)7-24-17(22)15-9-4-11-13(5-9)25-18(23)16(11)15/h2-3,6,9,11,13,15-16H,4-5,7H2,1H3,(H,20,21)/t9-,11+,13-,15+,16+/m1/s1. The van der Waals surface area contributed by atoms with Gasteiger partial charge in [-0.1, -0.05) is 17.7 Å². The first-order chi connectivity index (χ1) is 11.9. The first-order valence-corrected chi connectivity index (χ1v) is 8.75. The number of hydrogen-bond donors (Lipinski definition) is 1. The van der Waals surface area contributed by atoms with E-state index in [2.05, 4.69) is 5.32 Å². The Morgan fingerprint density at radius 3 is 2.92 bits per heavy atom. The molecule has 0 spiro atoms. The summed E-state index contributed by atoms with van der Waals surface area (Å²) >= 11 is 6.02. The van der Waals surface area contributed by atoms with Crippen LogP contribution in [0.25, 0.3) is 0 Å². The summed E-state index contributed by atoms with van der Waals surface area (Å²) in [5.74, 6) is -1.82. The SMILES string of the molecule is Cc1ccc(NC(=O)COC(=O)[C@H]2[C@@H]3C[C@@H]4[C@@H]2C(=O)O[C@@H]4C3)cc1Cl. The van der Waals surface area contributed by atoms with Gasteiger partial charge in [0.15, 0.2) is 6.61 Å². The number of fused-ring (bicyclic) bond motifs is 1. The summed E-state index contributed by atoms with van der Waals surface area (Å²) in [6.07, 6.45) is 1.52. The Bertz CT molecular complexity index is 762. The molecule has 7 heteroatoms. The Hall–Kier alpha value is -2.08. The van der Waals surface area contributed by atoms with Gasteiger partial charge in [-0.3, -0.25) is 14.4 Å². The fraction of sp³-hybridized carbons (Fsp3) is 0.500. The molecule has 1 aromatic rings. The van der Waals surface area contributed by atoms with Crippen molar-refractivity contribution in [2.45, 2.75) is 25.9 Å². The largest absolute Gasteiger partial charge is 0.462 e. The van der Waals surface area contributed by atoms with Gasteiger partial charge in [0.05, 0.1) is 11.8 Å². The van der Waals surface area contributed by atoms with Crippen LogP contribution < -0.4 is 5.32 Å². The van der Waals surface area contributed by atoms with Crippen LogP contribution in [0.1, 0.15) is 18.4 Å². The first-order valence-electron chi connectivity index (χ1n) is 8.37. The van der Waals surface area contributed by atoms with Crippen LogP contribution in [0.5, 0.6) is 0 Å². The molecule has 5 atom stereocenters. The van der Waals surface area contributed by atoms with Gasteiger partial charge in [-0.25, -0.2) is 0 Å². The van der Waals surface area contributed by atoms with E-state index < -0.39 is 23.7 Å². The smallest absolute Gasteiger partial charge is 0.310 e. The second kappa shape index (κ2) is 6.02. The third-order valence-electron chi connectivity index (χ3n) is 5.56. The zero-order valence-corrected chi connectivity index (χ0v) is 14.4. The van der Waals surface area contributed by atoms with Crippen molar-refractivity contribution in [2.75, 3.05) is 11.9 Å². The fourth-order valence-electron chi connectivity index (χ4n) is 4.43. The van der Waals surface area contributed by atoms with Gasteiger partial charge in [-0.15, -0.1) is 0 Å². The van der Waals surface area contributed by atoms with E-state index in [9.17, 15) is 14.4 Å². The summed E-state index contributed by atoms with van der Waals surface area (Å²) in [5, 5.41) is 3.19. The van der Waals surface area contributed by atoms with Crippen LogP contribution in [0, 0.1) is 30.6 Å². The van der Waals surface area contributed by atoms with E-state index >= 15 is 0 Å². The number of carbonyl (C=O) groups excluding carboxylic acids is 3. The lowest BCUT2D eigenvalue weighted by molar-refractivity contribution is -0.157. The molecule has 2 bridgehead atoms. The Morgan fingerprint density at radius 1 is 1.36 bits per heavy atom. The Kier molecular flexibility index (Phi) is 3.95. The van der Waals surface area contributed by atoms with Crippen LogP contribution in [0.15, 0.2) is 18.2 Å². The maximum atomic E-state index is 12.4. The van der Waals surface area contributed by atoms with Gasteiger partial charge < -0.3 is 14.8 Å². The Balaban J connectivity index is 1.34. The maximum absolute atomic E-state index is 12.4. The van der Waals surface area contributed by atoms with Gasteiger partial charge in [-0.05, 0) is 43.4 Å². The topological polar surface area (TPSA) is 81.7 Å². The number of carbonyl (C=O) groups is 3. The minimum atomic E-state index is -0.480.